The Kier molecular flexibility index (Phi) is 3.90. The van der Waals surface area contributed by atoms with Gasteiger partial charge in [-0.1, -0.05) is 11.8 Å². The minimum Gasteiger partial charge on any atom is -0.416 e. The molecule has 7 heteroatoms. The fourth-order valence-electron chi connectivity index (χ4n) is 2.53. The second-order valence-corrected chi connectivity index (χ2v) is 6.50. The number of thioether (sulfide) groups is 1. The minimum absolute atomic E-state index is 0.0380. The lowest BCUT2D eigenvalue weighted by Gasteiger charge is -1.99. The molecule has 6 nitrogen and oxygen atoms in total. The highest BCUT2D eigenvalue weighted by Crippen LogP contribution is 2.39. The SMILES string of the molecule is CC(=O)c1c(C)[nH]c(C(=O)CSc2nnc(C3CC3)o2)c1C. The lowest BCUT2D eigenvalue weighted by Crippen LogP contribution is -2.05. The summed E-state index contributed by atoms with van der Waals surface area (Å²) < 4.78 is 5.52. The molecule has 116 valence electrons. The van der Waals surface area contributed by atoms with Crippen LogP contribution in [0.3, 0.4) is 0 Å². The summed E-state index contributed by atoms with van der Waals surface area (Å²) in [5.41, 5.74) is 2.52. The molecule has 0 amide bonds. The summed E-state index contributed by atoms with van der Waals surface area (Å²) in [7, 11) is 0. The Labute approximate surface area is 132 Å². The van der Waals surface area contributed by atoms with Gasteiger partial charge in [0, 0.05) is 17.2 Å². The molecule has 1 aliphatic carbocycles. The molecular formula is C15H17N3O3S. The Hall–Kier alpha value is -1.89. The quantitative estimate of drug-likeness (QED) is 0.650. The van der Waals surface area contributed by atoms with E-state index in [0.717, 1.165) is 18.5 Å². The summed E-state index contributed by atoms with van der Waals surface area (Å²) in [4.78, 5) is 26.9. The zero-order valence-corrected chi connectivity index (χ0v) is 13.5. The molecule has 0 atom stereocenters. The summed E-state index contributed by atoms with van der Waals surface area (Å²) in [6, 6.07) is 0. The van der Waals surface area contributed by atoms with Gasteiger partial charge in [0.05, 0.1) is 11.4 Å². The van der Waals surface area contributed by atoms with Crippen molar-refractivity contribution in [1.82, 2.24) is 15.2 Å². The Balaban J connectivity index is 1.68. The molecule has 1 N–H and O–H groups in total. The Morgan fingerprint density at radius 3 is 2.64 bits per heavy atom. The van der Waals surface area contributed by atoms with Gasteiger partial charge in [-0.05, 0) is 39.2 Å². The van der Waals surface area contributed by atoms with Crippen molar-refractivity contribution in [3.05, 3.63) is 28.4 Å². The topological polar surface area (TPSA) is 88.9 Å². The predicted octanol–water partition coefficient (Wildman–Crippen LogP) is 3.07. The molecule has 22 heavy (non-hydrogen) atoms. The second kappa shape index (κ2) is 5.72. The molecule has 0 saturated heterocycles. The van der Waals surface area contributed by atoms with Gasteiger partial charge in [0.15, 0.2) is 11.6 Å². The molecule has 2 heterocycles. The van der Waals surface area contributed by atoms with Crippen molar-refractivity contribution in [2.24, 2.45) is 0 Å². The summed E-state index contributed by atoms with van der Waals surface area (Å²) in [6.07, 6.45) is 2.19. The van der Waals surface area contributed by atoms with Gasteiger partial charge in [-0.2, -0.15) is 0 Å². The van der Waals surface area contributed by atoms with E-state index in [2.05, 4.69) is 15.2 Å². The van der Waals surface area contributed by atoms with E-state index >= 15 is 0 Å². The zero-order chi connectivity index (χ0) is 15.9. The number of nitrogens with one attached hydrogen (secondary N) is 1. The first kappa shape index (κ1) is 15.0. The molecule has 0 unspecified atom stereocenters. The number of H-pyrrole nitrogens is 1. The van der Waals surface area contributed by atoms with Crippen molar-refractivity contribution in [3.8, 4) is 0 Å². The number of nitrogens with zero attached hydrogens (tertiary/aromatic N) is 2. The average molecular weight is 319 g/mol. The van der Waals surface area contributed by atoms with Crippen molar-refractivity contribution >= 4 is 23.3 Å². The number of hydrogen-bond acceptors (Lipinski definition) is 6. The third kappa shape index (κ3) is 2.85. The lowest BCUT2D eigenvalue weighted by molar-refractivity contribution is 0.101. The van der Waals surface area contributed by atoms with Crippen molar-refractivity contribution < 1.29 is 14.0 Å². The lowest BCUT2D eigenvalue weighted by atomic mass is 10.1. The monoisotopic (exact) mass is 319 g/mol. The van der Waals surface area contributed by atoms with Crippen LogP contribution < -0.4 is 0 Å². The standard InChI is InChI=1S/C15H17N3O3S/c1-7-12(9(3)19)8(2)16-13(7)11(20)6-22-15-18-17-14(21-15)10-4-5-10/h10,16H,4-6H2,1-3H3. The second-order valence-electron chi connectivity index (χ2n) is 5.57. The number of Topliss-reactive ketones (excluding diaryl/α,β-unsaturated/α-hetero) is 2. The van der Waals surface area contributed by atoms with Gasteiger partial charge in [0.2, 0.25) is 5.89 Å². The number of aryl methyl sites for hydroxylation is 1. The fourth-order valence-corrected chi connectivity index (χ4v) is 3.17. The number of ketones is 2. The van der Waals surface area contributed by atoms with E-state index in [1.807, 2.05) is 0 Å². The molecule has 3 rings (SSSR count). The van der Waals surface area contributed by atoms with Crippen LogP contribution in [0.4, 0.5) is 0 Å². The molecule has 2 aromatic rings. The fraction of sp³-hybridized carbons (Fsp3) is 0.467. The maximum atomic E-state index is 12.3. The molecule has 0 radical (unpaired) electrons. The number of rotatable bonds is 6. The molecule has 0 spiro atoms. The average Bonchev–Trinajstić information content (AvgIpc) is 3.12. The smallest absolute Gasteiger partial charge is 0.277 e. The highest BCUT2D eigenvalue weighted by molar-refractivity contribution is 7.99. The highest BCUT2D eigenvalue weighted by Gasteiger charge is 2.29. The summed E-state index contributed by atoms with van der Waals surface area (Å²) in [6.45, 7) is 5.09. The van der Waals surface area contributed by atoms with Crippen LogP contribution in [0.2, 0.25) is 0 Å². The maximum Gasteiger partial charge on any atom is 0.277 e. The van der Waals surface area contributed by atoms with Gasteiger partial charge in [0.1, 0.15) is 0 Å². The molecule has 1 saturated carbocycles. The predicted molar refractivity (Wildman–Crippen MR) is 81.6 cm³/mol. The van der Waals surface area contributed by atoms with E-state index in [9.17, 15) is 9.59 Å². The normalized spacial score (nSPS) is 14.3. The largest absolute Gasteiger partial charge is 0.416 e. The van der Waals surface area contributed by atoms with Crippen molar-refractivity contribution in [2.45, 2.75) is 44.8 Å². The molecular weight excluding hydrogens is 302 g/mol. The number of aromatic nitrogens is 3. The van der Waals surface area contributed by atoms with Crippen molar-refractivity contribution in [1.29, 1.82) is 0 Å². The van der Waals surface area contributed by atoms with Crippen molar-refractivity contribution in [3.63, 3.8) is 0 Å². The van der Waals surface area contributed by atoms with E-state index in [1.165, 1.54) is 18.7 Å². The minimum atomic E-state index is -0.0794. The number of carbonyl (C=O) groups excluding carboxylic acids is 2. The van der Waals surface area contributed by atoms with Gasteiger partial charge in [0.25, 0.3) is 5.22 Å². The maximum absolute atomic E-state index is 12.3. The van der Waals surface area contributed by atoms with Crippen LogP contribution in [-0.2, 0) is 0 Å². The van der Waals surface area contributed by atoms with Crippen LogP contribution in [0.5, 0.6) is 0 Å². The van der Waals surface area contributed by atoms with E-state index in [1.54, 1.807) is 13.8 Å². The molecule has 2 aromatic heterocycles. The Morgan fingerprint density at radius 2 is 2.05 bits per heavy atom. The van der Waals surface area contributed by atoms with Crippen LogP contribution in [0.25, 0.3) is 0 Å². The zero-order valence-electron chi connectivity index (χ0n) is 12.7. The van der Waals surface area contributed by atoms with E-state index < -0.39 is 0 Å². The van der Waals surface area contributed by atoms with Crippen LogP contribution in [0.15, 0.2) is 9.64 Å². The third-order valence-corrected chi connectivity index (χ3v) is 4.56. The third-order valence-electron chi connectivity index (χ3n) is 3.74. The van der Waals surface area contributed by atoms with Gasteiger partial charge in [-0.25, -0.2) is 0 Å². The molecule has 0 bridgehead atoms. The Bertz CT molecular complexity index is 743. The van der Waals surface area contributed by atoms with Crippen LogP contribution >= 0.6 is 11.8 Å². The Morgan fingerprint density at radius 1 is 1.32 bits per heavy atom. The summed E-state index contributed by atoms with van der Waals surface area (Å²) in [5, 5.41) is 8.35. The number of hydrogen-bond donors (Lipinski definition) is 1. The first-order valence-corrected chi connectivity index (χ1v) is 8.15. The van der Waals surface area contributed by atoms with Gasteiger partial charge < -0.3 is 9.40 Å². The van der Waals surface area contributed by atoms with Crippen LogP contribution in [0.1, 0.15) is 63.7 Å². The first-order valence-electron chi connectivity index (χ1n) is 7.17. The van der Waals surface area contributed by atoms with E-state index in [-0.39, 0.29) is 17.3 Å². The number of carbonyl (C=O) groups is 2. The van der Waals surface area contributed by atoms with Crippen LogP contribution in [-0.4, -0.2) is 32.5 Å². The van der Waals surface area contributed by atoms with E-state index in [0.29, 0.717) is 33.9 Å². The molecule has 1 aliphatic rings. The van der Waals surface area contributed by atoms with E-state index in [4.69, 9.17) is 4.42 Å². The molecule has 0 aliphatic heterocycles. The summed E-state index contributed by atoms with van der Waals surface area (Å²) in [5.74, 6) is 1.16. The van der Waals surface area contributed by atoms with Crippen molar-refractivity contribution in [2.75, 3.05) is 5.75 Å². The molecule has 1 fully saturated rings. The summed E-state index contributed by atoms with van der Waals surface area (Å²) >= 11 is 1.23. The molecule has 0 aromatic carbocycles. The highest BCUT2D eigenvalue weighted by atomic mass is 32.2. The van der Waals surface area contributed by atoms with Crippen LogP contribution in [0, 0.1) is 13.8 Å². The number of aromatic amines is 1. The van der Waals surface area contributed by atoms with Gasteiger partial charge in [-0.15, -0.1) is 10.2 Å². The van der Waals surface area contributed by atoms with Gasteiger partial charge >= 0.3 is 0 Å². The first-order chi connectivity index (χ1) is 10.5. The van der Waals surface area contributed by atoms with Gasteiger partial charge in [-0.3, -0.25) is 9.59 Å².